The lowest BCUT2D eigenvalue weighted by Gasteiger charge is -2.27. The number of rotatable bonds is 4. The van der Waals surface area contributed by atoms with E-state index < -0.39 is 0 Å². The zero-order valence-corrected chi connectivity index (χ0v) is 11.8. The van der Waals surface area contributed by atoms with Gasteiger partial charge < -0.3 is 4.90 Å². The topological polar surface area (TPSA) is 3.24 Å². The molecule has 1 rings (SSSR count). The SMILES string of the molecule is CCN(c1ccc(CBr)c(Cl)c1)C(C)C. The summed E-state index contributed by atoms with van der Waals surface area (Å²) in [6, 6.07) is 6.76. The van der Waals surface area contributed by atoms with Crippen LogP contribution >= 0.6 is 27.5 Å². The average molecular weight is 291 g/mol. The number of hydrogen-bond donors (Lipinski definition) is 0. The Hall–Kier alpha value is -0.210. The highest BCUT2D eigenvalue weighted by Gasteiger charge is 2.09. The summed E-state index contributed by atoms with van der Waals surface area (Å²) in [5, 5.41) is 1.64. The maximum Gasteiger partial charge on any atom is 0.0467 e. The second kappa shape index (κ2) is 5.76. The molecule has 15 heavy (non-hydrogen) atoms. The van der Waals surface area contributed by atoms with Gasteiger partial charge in [0.1, 0.15) is 0 Å². The van der Waals surface area contributed by atoms with Gasteiger partial charge in [-0.1, -0.05) is 33.6 Å². The maximum atomic E-state index is 6.18. The molecule has 84 valence electrons. The Morgan fingerprint density at radius 2 is 2.07 bits per heavy atom. The number of hydrogen-bond acceptors (Lipinski definition) is 1. The Morgan fingerprint density at radius 3 is 2.47 bits per heavy atom. The quantitative estimate of drug-likeness (QED) is 0.740. The van der Waals surface area contributed by atoms with E-state index in [1.54, 1.807) is 0 Å². The number of alkyl halides is 1. The summed E-state index contributed by atoms with van der Waals surface area (Å²) in [5.41, 5.74) is 2.34. The fourth-order valence-electron chi connectivity index (χ4n) is 1.67. The van der Waals surface area contributed by atoms with Crippen LogP contribution in [0.15, 0.2) is 18.2 Å². The molecular formula is C12H17BrClN. The first-order valence-electron chi connectivity index (χ1n) is 5.21. The number of halogens is 2. The lowest BCUT2D eigenvalue weighted by molar-refractivity contribution is 0.704. The fraction of sp³-hybridized carbons (Fsp3) is 0.500. The number of benzene rings is 1. The molecule has 0 aliphatic heterocycles. The zero-order valence-electron chi connectivity index (χ0n) is 9.43. The van der Waals surface area contributed by atoms with E-state index in [1.165, 1.54) is 5.69 Å². The standard InChI is InChI=1S/C12H17BrClN/c1-4-15(9(2)3)11-6-5-10(8-13)12(14)7-11/h5-7,9H,4,8H2,1-3H3. The van der Waals surface area contributed by atoms with Gasteiger partial charge in [-0.15, -0.1) is 0 Å². The minimum absolute atomic E-state index is 0.501. The molecule has 0 bridgehead atoms. The monoisotopic (exact) mass is 289 g/mol. The van der Waals surface area contributed by atoms with Gasteiger partial charge in [0, 0.05) is 28.6 Å². The van der Waals surface area contributed by atoms with Crippen LogP contribution in [0.4, 0.5) is 5.69 Å². The molecule has 0 amide bonds. The van der Waals surface area contributed by atoms with Crippen molar-refractivity contribution >= 4 is 33.2 Å². The van der Waals surface area contributed by atoms with Crippen molar-refractivity contribution in [3.05, 3.63) is 28.8 Å². The molecule has 0 unspecified atom stereocenters. The van der Waals surface area contributed by atoms with Crippen LogP contribution in [0.1, 0.15) is 26.3 Å². The zero-order chi connectivity index (χ0) is 11.4. The molecular weight excluding hydrogens is 273 g/mol. The van der Waals surface area contributed by atoms with Gasteiger partial charge in [-0.3, -0.25) is 0 Å². The van der Waals surface area contributed by atoms with Crippen molar-refractivity contribution in [3.8, 4) is 0 Å². The van der Waals surface area contributed by atoms with Crippen LogP contribution in [0.5, 0.6) is 0 Å². The van der Waals surface area contributed by atoms with Gasteiger partial charge in [0.15, 0.2) is 0 Å². The molecule has 0 N–H and O–H groups in total. The van der Waals surface area contributed by atoms with E-state index in [0.717, 1.165) is 22.5 Å². The highest BCUT2D eigenvalue weighted by Crippen LogP contribution is 2.26. The Labute approximate surface area is 106 Å². The third-order valence-electron chi connectivity index (χ3n) is 2.48. The van der Waals surface area contributed by atoms with E-state index in [2.05, 4.69) is 53.7 Å². The van der Waals surface area contributed by atoms with Gasteiger partial charge in [0.05, 0.1) is 0 Å². The van der Waals surface area contributed by atoms with Gasteiger partial charge in [-0.05, 0) is 38.5 Å². The van der Waals surface area contributed by atoms with Crippen molar-refractivity contribution in [3.63, 3.8) is 0 Å². The van der Waals surface area contributed by atoms with E-state index in [1.807, 2.05) is 6.07 Å². The van der Waals surface area contributed by atoms with E-state index in [4.69, 9.17) is 11.6 Å². The summed E-state index contributed by atoms with van der Waals surface area (Å²) in [6.07, 6.45) is 0. The summed E-state index contributed by atoms with van der Waals surface area (Å²) < 4.78 is 0. The van der Waals surface area contributed by atoms with Crippen LogP contribution < -0.4 is 4.90 Å². The second-order valence-corrected chi connectivity index (χ2v) is 4.76. The molecule has 0 aliphatic carbocycles. The van der Waals surface area contributed by atoms with Gasteiger partial charge in [0.2, 0.25) is 0 Å². The molecule has 0 saturated heterocycles. The normalized spacial score (nSPS) is 10.8. The Bertz CT molecular complexity index is 325. The van der Waals surface area contributed by atoms with Crippen LogP contribution in [-0.4, -0.2) is 12.6 Å². The van der Waals surface area contributed by atoms with E-state index in [-0.39, 0.29) is 0 Å². The van der Waals surface area contributed by atoms with Crippen molar-refractivity contribution in [1.29, 1.82) is 0 Å². The largest absolute Gasteiger partial charge is 0.369 e. The predicted octanol–water partition coefficient (Wildman–Crippen LogP) is 4.47. The van der Waals surface area contributed by atoms with E-state index >= 15 is 0 Å². The molecule has 0 atom stereocenters. The molecule has 0 saturated carbocycles. The molecule has 0 fully saturated rings. The van der Waals surface area contributed by atoms with Crippen LogP contribution in [0.25, 0.3) is 0 Å². The third kappa shape index (κ3) is 3.12. The summed E-state index contributed by atoms with van der Waals surface area (Å²) in [5.74, 6) is 0. The van der Waals surface area contributed by atoms with Gasteiger partial charge in [-0.25, -0.2) is 0 Å². The first-order valence-corrected chi connectivity index (χ1v) is 6.71. The Kier molecular flexibility index (Phi) is 4.94. The lowest BCUT2D eigenvalue weighted by Crippen LogP contribution is -2.30. The van der Waals surface area contributed by atoms with Crippen molar-refractivity contribution in [2.45, 2.75) is 32.1 Å². The molecule has 1 aromatic rings. The third-order valence-corrected chi connectivity index (χ3v) is 3.43. The van der Waals surface area contributed by atoms with Crippen LogP contribution in [0, 0.1) is 0 Å². The van der Waals surface area contributed by atoms with Crippen LogP contribution in [0.3, 0.4) is 0 Å². The van der Waals surface area contributed by atoms with Crippen molar-refractivity contribution < 1.29 is 0 Å². The van der Waals surface area contributed by atoms with Crippen molar-refractivity contribution in [2.24, 2.45) is 0 Å². The van der Waals surface area contributed by atoms with Crippen LogP contribution in [0.2, 0.25) is 5.02 Å². The highest BCUT2D eigenvalue weighted by atomic mass is 79.9. The number of anilines is 1. The molecule has 0 spiro atoms. The van der Waals surface area contributed by atoms with E-state index in [0.29, 0.717) is 6.04 Å². The molecule has 1 aromatic carbocycles. The smallest absolute Gasteiger partial charge is 0.0467 e. The molecule has 1 nitrogen and oxygen atoms in total. The van der Waals surface area contributed by atoms with Crippen molar-refractivity contribution in [2.75, 3.05) is 11.4 Å². The fourth-order valence-corrected chi connectivity index (χ4v) is 2.56. The number of nitrogens with zero attached hydrogens (tertiary/aromatic N) is 1. The minimum atomic E-state index is 0.501. The summed E-state index contributed by atoms with van der Waals surface area (Å²) in [7, 11) is 0. The van der Waals surface area contributed by atoms with E-state index in [9.17, 15) is 0 Å². The molecule has 0 aliphatic rings. The van der Waals surface area contributed by atoms with Gasteiger partial charge in [0.25, 0.3) is 0 Å². The minimum Gasteiger partial charge on any atom is -0.369 e. The Morgan fingerprint density at radius 1 is 1.40 bits per heavy atom. The summed E-state index contributed by atoms with van der Waals surface area (Å²) in [4.78, 5) is 2.32. The summed E-state index contributed by atoms with van der Waals surface area (Å²) >= 11 is 9.60. The maximum absolute atomic E-state index is 6.18. The molecule has 3 heteroatoms. The predicted molar refractivity (Wildman–Crippen MR) is 72.2 cm³/mol. The molecule has 0 radical (unpaired) electrons. The highest BCUT2D eigenvalue weighted by molar-refractivity contribution is 9.08. The van der Waals surface area contributed by atoms with Crippen molar-refractivity contribution in [1.82, 2.24) is 0 Å². The molecule has 0 aromatic heterocycles. The van der Waals surface area contributed by atoms with Gasteiger partial charge >= 0.3 is 0 Å². The first-order chi connectivity index (χ1) is 7.10. The van der Waals surface area contributed by atoms with Gasteiger partial charge in [-0.2, -0.15) is 0 Å². The average Bonchev–Trinajstić information content (AvgIpc) is 2.18. The summed E-state index contributed by atoms with van der Waals surface area (Å²) in [6.45, 7) is 7.54. The first kappa shape index (κ1) is 12.9. The Balaban J connectivity index is 3.00. The molecule has 0 heterocycles. The second-order valence-electron chi connectivity index (χ2n) is 3.79. The van der Waals surface area contributed by atoms with Crippen LogP contribution in [-0.2, 0) is 5.33 Å². The lowest BCUT2D eigenvalue weighted by atomic mass is 10.2.